The molecule has 0 saturated carbocycles. The summed E-state index contributed by atoms with van der Waals surface area (Å²) in [6, 6.07) is 11.2. The second-order valence-electron chi connectivity index (χ2n) is 7.32. The van der Waals surface area contributed by atoms with Gasteiger partial charge in [0.05, 0.1) is 19.1 Å². The van der Waals surface area contributed by atoms with Crippen LogP contribution < -0.4 is 14.8 Å². The lowest BCUT2D eigenvalue weighted by molar-refractivity contribution is -0.120. The molecule has 0 aromatic heterocycles. The number of hydrogen-bond acceptors (Lipinski definition) is 6. The first kappa shape index (κ1) is 22.8. The fourth-order valence-electron chi connectivity index (χ4n) is 3.52. The van der Waals surface area contributed by atoms with Crippen molar-refractivity contribution in [2.75, 3.05) is 32.6 Å². The van der Waals surface area contributed by atoms with E-state index in [1.807, 2.05) is 0 Å². The summed E-state index contributed by atoms with van der Waals surface area (Å²) in [6.07, 6.45) is 0.841. The van der Waals surface area contributed by atoms with Crippen molar-refractivity contribution in [2.45, 2.75) is 24.7 Å². The van der Waals surface area contributed by atoms with Gasteiger partial charge in [0.15, 0.2) is 17.3 Å². The van der Waals surface area contributed by atoms with Gasteiger partial charge in [0.25, 0.3) is 0 Å². The van der Waals surface area contributed by atoms with Crippen LogP contribution in [0, 0.1) is 5.92 Å². The van der Waals surface area contributed by atoms with E-state index in [-0.39, 0.29) is 35.6 Å². The maximum Gasteiger partial charge on any atom is 0.243 e. The Balaban J connectivity index is 1.63. The first-order valence-corrected chi connectivity index (χ1v) is 11.3. The van der Waals surface area contributed by atoms with E-state index < -0.39 is 10.0 Å². The highest BCUT2D eigenvalue weighted by atomic mass is 32.2. The minimum Gasteiger partial charge on any atom is -0.493 e. The Morgan fingerprint density at radius 1 is 0.968 bits per heavy atom. The lowest BCUT2D eigenvalue weighted by atomic mass is 9.97. The third kappa shape index (κ3) is 5.05. The molecule has 2 aromatic rings. The van der Waals surface area contributed by atoms with Gasteiger partial charge in [0.2, 0.25) is 15.9 Å². The minimum absolute atomic E-state index is 0.0408. The van der Waals surface area contributed by atoms with Gasteiger partial charge in [-0.05, 0) is 56.2 Å². The van der Waals surface area contributed by atoms with Crippen LogP contribution in [0.15, 0.2) is 47.4 Å². The van der Waals surface area contributed by atoms with E-state index in [2.05, 4.69) is 5.32 Å². The van der Waals surface area contributed by atoms with Gasteiger partial charge in [-0.25, -0.2) is 8.42 Å². The Kier molecular flexibility index (Phi) is 6.97. The molecule has 0 aliphatic carbocycles. The number of carbonyl (C=O) groups is 2. The van der Waals surface area contributed by atoms with Crippen LogP contribution in [0.25, 0.3) is 0 Å². The standard InChI is InChI=1S/C22H26N2O6S/c1-15(25)16-4-6-18(7-5-16)23-22(26)17-10-12-24(13-11-17)31(27,28)19-8-9-20(29-2)21(14-19)30-3/h4-9,14,17H,10-13H2,1-3H3,(H,23,26). The van der Waals surface area contributed by atoms with Crippen molar-refractivity contribution in [3.05, 3.63) is 48.0 Å². The van der Waals surface area contributed by atoms with Crippen LogP contribution >= 0.6 is 0 Å². The summed E-state index contributed by atoms with van der Waals surface area (Å²) in [4.78, 5) is 24.1. The van der Waals surface area contributed by atoms with Crippen LogP contribution in [0.2, 0.25) is 0 Å². The maximum atomic E-state index is 13.0. The maximum absolute atomic E-state index is 13.0. The highest BCUT2D eigenvalue weighted by Gasteiger charge is 2.32. The number of piperidine rings is 1. The van der Waals surface area contributed by atoms with Gasteiger partial charge in [-0.15, -0.1) is 0 Å². The topological polar surface area (TPSA) is 102 Å². The second-order valence-corrected chi connectivity index (χ2v) is 9.26. The molecule has 166 valence electrons. The van der Waals surface area contributed by atoms with Crippen molar-refractivity contribution in [3.63, 3.8) is 0 Å². The SMILES string of the molecule is COc1ccc(S(=O)(=O)N2CCC(C(=O)Nc3ccc(C(C)=O)cc3)CC2)cc1OC. The highest BCUT2D eigenvalue weighted by molar-refractivity contribution is 7.89. The molecule has 1 amide bonds. The fourth-order valence-corrected chi connectivity index (χ4v) is 5.00. The van der Waals surface area contributed by atoms with Crippen molar-refractivity contribution in [1.29, 1.82) is 0 Å². The average molecular weight is 447 g/mol. The number of ether oxygens (including phenoxy) is 2. The molecule has 1 saturated heterocycles. The molecule has 0 atom stereocenters. The number of amides is 1. The molecule has 0 unspecified atom stereocenters. The van der Waals surface area contributed by atoms with E-state index in [0.717, 1.165) is 0 Å². The van der Waals surface area contributed by atoms with Crippen LogP contribution in [-0.4, -0.2) is 51.7 Å². The third-order valence-electron chi connectivity index (χ3n) is 5.38. The molecular weight excluding hydrogens is 420 g/mol. The van der Waals surface area contributed by atoms with E-state index in [1.165, 1.54) is 37.6 Å². The van der Waals surface area contributed by atoms with Gasteiger partial charge >= 0.3 is 0 Å². The normalized spacial score (nSPS) is 15.3. The summed E-state index contributed by atoms with van der Waals surface area (Å²) in [5, 5.41) is 2.84. The molecule has 3 rings (SSSR count). The lowest BCUT2D eigenvalue weighted by Crippen LogP contribution is -2.41. The number of hydrogen-bond donors (Lipinski definition) is 1. The number of methoxy groups -OCH3 is 2. The Morgan fingerprint density at radius 2 is 1.58 bits per heavy atom. The molecule has 0 bridgehead atoms. The second kappa shape index (κ2) is 9.49. The molecule has 0 radical (unpaired) electrons. The zero-order chi connectivity index (χ0) is 22.6. The Bertz CT molecular complexity index is 1060. The molecule has 31 heavy (non-hydrogen) atoms. The molecule has 9 heteroatoms. The van der Waals surface area contributed by atoms with Crippen molar-refractivity contribution in [3.8, 4) is 11.5 Å². The number of nitrogens with one attached hydrogen (secondary N) is 1. The van der Waals surface area contributed by atoms with Gasteiger partial charge in [0.1, 0.15) is 0 Å². The summed E-state index contributed by atoms with van der Waals surface area (Å²) < 4.78 is 37.8. The summed E-state index contributed by atoms with van der Waals surface area (Å²) in [5.74, 6) is 0.311. The molecule has 1 N–H and O–H groups in total. The monoisotopic (exact) mass is 446 g/mol. The largest absolute Gasteiger partial charge is 0.493 e. The van der Waals surface area contributed by atoms with Crippen molar-refractivity contribution in [1.82, 2.24) is 4.31 Å². The van der Waals surface area contributed by atoms with Crippen LogP contribution in [0.3, 0.4) is 0 Å². The first-order chi connectivity index (χ1) is 14.8. The van der Waals surface area contributed by atoms with E-state index in [9.17, 15) is 18.0 Å². The van der Waals surface area contributed by atoms with Gasteiger partial charge in [-0.1, -0.05) is 0 Å². The van der Waals surface area contributed by atoms with Crippen molar-refractivity contribution < 1.29 is 27.5 Å². The third-order valence-corrected chi connectivity index (χ3v) is 7.27. The molecule has 1 fully saturated rings. The molecule has 1 aliphatic heterocycles. The molecule has 0 spiro atoms. The van der Waals surface area contributed by atoms with E-state index in [1.54, 1.807) is 30.3 Å². The zero-order valence-electron chi connectivity index (χ0n) is 17.8. The number of ketones is 1. The number of carbonyl (C=O) groups excluding carboxylic acids is 2. The Labute approximate surface area is 182 Å². The molecule has 1 aliphatic rings. The summed E-state index contributed by atoms with van der Waals surface area (Å²) in [6.45, 7) is 1.98. The predicted molar refractivity (Wildman–Crippen MR) is 116 cm³/mol. The number of nitrogens with zero attached hydrogens (tertiary/aromatic N) is 1. The Hall–Kier alpha value is -2.91. The smallest absolute Gasteiger partial charge is 0.243 e. The van der Waals surface area contributed by atoms with Crippen LogP contribution in [0.1, 0.15) is 30.1 Å². The van der Waals surface area contributed by atoms with Crippen LogP contribution in [-0.2, 0) is 14.8 Å². The Morgan fingerprint density at radius 3 is 2.13 bits per heavy atom. The number of Topliss-reactive ketones (excluding diaryl/α,β-unsaturated/α-hetero) is 1. The molecule has 1 heterocycles. The van der Waals surface area contributed by atoms with Gasteiger partial charge < -0.3 is 14.8 Å². The highest BCUT2D eigenvalue weighted by Crippen LogP contribution is 2.32. The van der Waals surface area contributed by atoms with E-state index >= 15 is 0 Å². The fraction of sp³-hybridized carbons (Fsp3) is 0.364. The minimum atomic E-state index is -3.71. The summed E-state index contributed by atoms with van der Waals surface area (Å²) in [5.41, 5.74) is 1.18. The van der Waals surface area contributed by atoms with Crippen LogP contribution in [0.4, 0.5) is 5.69 Å². The van der Waals surface area contributed by atoms with Crippen molar-refractivity contribution in [2.24, 2.45) is 5.92 Å². The molecule has 8 nitrogen and oxygen atoms in total. The van der Waals surface area contributed by atoms with Crippen LogP contribution in [0.5, 0.6) is 11.5 Å². The first-order valence-electron chi connectivity index (χ1n) is 9.90. The van der Waals surface area contributed by atoms with E-state index in [4.69, 9.17) is 9.47 Å². The van der Waals surface area contributed by atoms with Crippen molar-refractivity contribution >= 4 is 27.4 Å². The average Bonchev–Trinajstić information content (AvgIpc) is 2.78. The van der Waals surface area contributed by atoms with Gasteiger partial charge in [0, 0.05) is 36.3 Å². The number of anilines is 1. The molecule has 2 aromatic carbocycles. The number of benzene rings is 2. The summed E-state index contributed by atoms with van der Waals surface area (Å²) in [7, 11) is -0.770. The summed E-state index contributed by atoms with van der Waals surface area (Å²) >= 11 is 0. The molecular formula is C22H26N2O6S. The van der Waals surface area contributed by atoms with E-state index in [0.29, 0.717) is 35.6 Å². The predicted octanol–water partition coefficient (Wildman–Crippen LogP) is 2.95. The number of sulfonamides is 1. The number of rotatable bonds is 7. The zero-order valence-corrected chi connectivity index (χ0v) is 18.6. The van der Waals surface area contributed by atoms with Gasteiger partial charge in [-0.3, -0.25) is 9.59 Å². The van der Waals surface area contributed by atoms with Gasteiger partial charge in [-0.2, -0.15) is 4.31 Å². The quantitative estimate of drug-likeness (QED) is 0.656. The lowest BCUT2D eigenvalue weighted by Gasteiger charge is -2.30.